The van der Waals surface area contributed by atoms with Gasteiger partial charge in [0.2, 0.25) is 0 Å². The van der Waals surface area contributed by atoms with E-state index >= 15 is 0 Å². The summed E-state index contributed by atoms with van der Waals surface area (Å²) in [6, 6.07) is 0.494. The van der Waals surface area contributed by atoms with Crippen molar-refractivity contribution in [3.63, 3.8) is 0 Å². The minimum absolute atomic E-state index is 0.117. The summed E-state index contributed by atoms with van der Waals surface area (Å²) in [5, 5.41) is 3.57. The van der Waals surface area contributed by atoms with Crippen LogP contribution in [0.15, 0.2) is 0 Å². The Morgan fingerprint density at radius 1 is 1.62 bits per heavy atom. The molecule has 0 aromatic rings. The smallest absolute Gasteiger partial charge is 0.0565 e. The Hall–Kier alpha value is -0.120. The van der Waals surface area contributed by atoms with Crippen LogP contribution in [0, 0.1) is 0 Å². The van der Waals surface area contributed by atoms with Gasteiger partial charge in [-0.05, 0) is 19.8 Å². The van der Waals surface area contributed by atoms with Crippen LogP contribution in [0.3, 0.4) is 0 Å². The Balaban J connectivity index is 2.56. The van der Waals surface area contributed by atoms with E-state index in [4.69, 9.17) is 10.5 Å². The fourth-order valence-corrected chi connectivity index (χ4v) is 2.15. The Labute approximate surface area is 81.0 Å². The van der Waals surface area contributed by atoms with E-state index in [1.165, 1.54) is 0 Å². The van der Waals surface area contributed by atoms with E-state index in [0.717, 1.165) is 19.4 Å². The average Bonchev–Trinajstić information content (AvgIpc) is 2.03. The number of nitrogens with two attached hydrogens (primary N) is 1. The predicted molar refractivity (Wildman–Crippen MR) is 54.7 cm³/mol. The molecular weight excluding hydrogens is 164 g/mol. The van der Waals surface area contributed by atoms with E-state index in [0.29, 0.717) is 18.7 Å². The molecule has 13 heavy (non-hydrogen) atoms. The fourth-order valence-electron chi connectivity index (χ4n) is 2.15. The van der Waals surface area contributed by atoms with Crippen LogP contribution in [0.5, 0.6) is 0 Å². The van der Waals surface area contributed by atoms with Gasteiger partial charge in [-0.1, -0.05) is 13.8 Å². The summed E-state index contributed by atoms with van der Waals surface area (Å²) >= 11 is 0. The molecule has 0 radical (unpaired) electrons. The van der Waals surface area contributed by atoms with Gasteiger partial charge in [0, 0.05) is 24.7 Å². The number of hydrogen-bond donors (Lipinski definition) is 2. The number of ether oxygens (including phenoxy) is 1. The molecular formula is C10H22N2O. The molecule has 1 heterocycles. The van der Waals surface area contributed by atoms with Gasteiger partial charge in [0.1, 0.15) is 0 Å². The Morgan fingerprint density at radius 3 is 2.77 bits per heavy atom. The molecule has 2 unspecified atom stereocenters. The van der Waals surface area contributed by atoms with Crippen LogP contribution in [0.1, 0.15) is 33.6 Å². The van der Waals surface area contributed by atoms with Gasteiger partial charge < -0.3 is 15.8 Å². The third kappa shape index (κ3) is 2.93. The maximum Gasteiger partial charge on any atom is 0.0565 e. The second-order valence-corrected chi connectivity index (χ2v) is 4.42. The second-order valence-electron chi connectivity index (χ2n) is 4.42. The average molecular weight is 186 g/mol. The summed E-state index contributed by atoms with van der Waals surface area (Å²) in [5.74, 6) is 0. The molecule has 1 aliphatic heterocycles. The quantitative estimate of drug-likeness (QED) is 0.688. The van der Waals surface area contributed by atoms with Gasteiger partial charge >= 0.3 is 0 Å². The maximum absolute atomic E-state index is 5.83. The molecule has 3 heteroatoms. The molecule has 78 valence electrons. The summed E-state index contributed by atoms with van der Waals surface area (Å²) in [4.78, 5) is 0. The number of rotatable bonds is 3. The monoisotopic (exact) mass is 186 g/mol. The van der Waals surface area contributed by atoms with Crippen molar-refractivity contribution in [2.24, 2.45) is 5.73 Å². The number of nitrogens with one attached hydrogen (secondary N) is 1. The molecule has 0 aromatic carbocycles. The predicted octanol–water partition coefficient (Wildman–Crippen LogP) is 0.881. The van der Waals surface area contributed by atoms with Gasteiger partial charge in [-0.15, -0.1) is 0 Å². The molecule has 1 rings (SSSR count). The first-order valence-corrected chi connectivity index (χ1v) is 5.17. The Morgan fingerprint density at radius 2 is 2.31 bits per heavy atom. The minimum Gasteiger partial charge on any atom is -0.378 e. The molecule has 0 saturated carbocycles. The summed E-state index contributed by atoms with van der Waals surface area (Å²) in [6.07, 6.45) is 2.40. The highest BCUT2D eigenvalue weighted by Crippen LogP contribution is 2.24. The summed E-state index contributed by atoms with van der Waals surface area (Å²) in [5.41, 5.74) is 5.95. The van der Waals surface area contributed by atoms with Crippen LogP contribution in [0.2, 0.25) is 0 Å². The van der Waals surface area contributed by atoms with E-state index in [9.17, 15) is 0 Å². The molecule has 1 aliphatic rings. The largest absolute Gasteiger partial charge is 0.378 e. The van der Waals surface area contributed by atoms with Crippen molar-refractivity contribution < 1.29 is 4.74 Å². The first-order chi connectivity index (χ1) is 6.08. The lowest BCUT2D eigenvalue weighted by Crippen LogP contribution is -2.58. The van der Waals surface area contributed by atoms with Gasteiger partial charge in [0.05, 0.1) is 6.10 Å². The molecule has 2 atom stereocenters. The van der Waals surface area contributed by atoms with Crippen molar-refractivity contribution >= 4 is 0 Å². The van der Waals surface area contributed by atoms with Crippen LogP contribution in [0.4, 0.5) is 0 Å². The van der Waals surface area contributed by atoms with Crippen molar-refractivity contribution in [3.8, 4) is 0 Å². The molecule has 0 bridgehead atoms. The third-order valence-corrected chi connectivity index (χ3v) is 2.65. The van der Waals surface area contributed by atoms with Crippen LogP contribution >= 0.6 is 0 Å². The molecule has 1 saturated heterocycles. The van der Waals surface area contributed by atoms with Crippen LogP contribution in [0.25, 0.3) is 0 Å². The molecule has 3 N–H and O–H groups in total. The Kier molecular flexibility index (Phi) is 3.71. The molecule has 0 aliphatic carbocycles. The van der Waals surface area contributed by atoms with Crippen LogP contribution < -0.4 is 11.1 Å². The Bertz CT molecular complexity index is 157. The van der Waals surface area contributed by atoms with E-state index in [2.05, 4.69) is 26.1 Å². The zero-order chi connectivity index (χ0) is 9.90. The number of hydrogen-bond acceptors (Lipinski definition) is 3. The second kappa shape index (κ2) is 4.40. The first-order valence-electron chi connectivity index (χ1n) is 5.17. The SMILES string of the molecule is CC(C)NC1(CN)CCOC(C)C1. The highest BCUT2D eigenvalue weighted by atomic mass is 16.5. The van der Waals surface area contributed by atoms with Crippen molar-refractivity contribution in [2.75, 3.05) is 13.2 Å². The molecule has 1 fully saturated rings. The zero-order valence-electron chi connectivity index (χ0n) is 8.97. The van der Waals surface area contributed by atoms with E-state index in [-0.39, 0.29) is 5.54 Å². The lowest BCUT2D eigenvalue weighted by molar-refractivity contribution is -0.0183. The van der Waals surface area contributed by atoms with Gasteiger partial charge in [-0.25, -0.2) is 0 Å². The first kappa shape index (κ1) is 11.0. The summed E-state index contributed by atoms with van der Waals surface area (Å²) in [7, 11) is 0. The van der Waals surface area contributed by atoms with Crippen molar-refractivity contribution in [2.45, 2.75) is 51.3 Å². The topological polar surface area (TPSA) is 47.3 Å². The molecule has 0 amide bonds. The van der Waals surface area contributed by atoms with E-state index in [1.807, 2.05) is 0 Å². The fraction of sp³-hybridized carbons (Fsp3) is 1.00. The highest BCUT2D eigenvalue weighted by Gasteiger charge is 2.34. The highest BCUT2D eigenvalue weighted by molar-refractivity contribution is 4.94. The summed E-state index contributed by atoms with van der Waals surface area (Å²) < 4.78 is 5.52. The van der Waals surface area contributed by atoms with Crippen LogP contribution in [-0.2, 0) is 4.74 Å². The van der Waals surface area contributed by atoms with Gasteiger partial charge in [0.25, 0.3) is 0 Å². The standard InChI is InChI=1S/C10H22N2O/c1-8(2)12-10(7-11)4-5-13-9(3)6-10/h8-9,12H,4-7,11H2,1-3H3. The van der Waals surface area contributed by atoms with Gasteiger partial charge in [-0.3, -0.25) is 0 Å². The minimum atomic E-state index is 0.117. The normalized spacial score (nSPS) is 35.3. The van der Waals surface area contributed by atoms with Gasteiger partial charge in [0.15, 0.2) is 0 Å². The lowest BCUT2D eigenvalue weighted by Gasteiger charge is -2.41. The van der Waals surface area contributed by atoms with Crippen LogP contribution in [-0.4, -0.2) is 30.8 Å². The molecule has 3 nitrogen and oxygen atoms in total. The van der Waals surface area contributed by atoms with Crippen molar-refractivity contribution in [3.05, 3.63) is 0 Å². The van der Waals surface area contributed by atoms with E-state index in [1.54, 1.807) is 0 Å². The zero-order valence-corrected chi connectivity index (χ0v) is 8.97. The van der Waals surface area contributed by atoms with Crippen molar-refractivity contribution in [1.82, 2.24) is 5.32 Å². The van der Waals surface area contributed by atoms with Gasteiger partial charge in [-0.2, -0.15) is 0 Å². The van der Waals surface area contributed by atoms with Crippen molar-refractivity contribution in [1.29, 1.82) is 0 Å². The maximum atomic E-state index is 5.83. The van der Waals surface area contributed by atoms with E-state index < -0.39 is 0 Å². The molecule has 0 spiro atoms. The lowest BCUT2D eigenvalue weighted by atomic mass is 9.86. The third-order valence-electron chi connectivity index (χ3n) is 2.65. The molecule has 0 aromatic heterocycles. The summed E-state index contributed by atoms with van der Waals surface area (Å²) in [6.45, 7) is 7.98.